The highest BCUT2D eigenvalue weighted by Crippen LogP contribution is 2.44. The Hall–Kier alpha value is -4.33. The Morgan fingerprint density at radius 1 is 1.00 bits per heavy atom. The van der Waals surface area contributed by atoms with E-state index in [0.717, 1.165) is 27.8 Å². The van der Waals surface area contributed by atoms with Crippen molar-refractivity contribution >= 4 is 18.2 Å². The minimum atomic E-state index is -1.08. The molecule has 0 unspecified atom stereocenters. The van der Waals surface area contributed by atoms with Crippen LogP contribution in [0.3, 0.4) is 0 Å². The summed E-state index contributed by atoms with van der Waals surface area (Å²) in [5, 5.41) is 12.6. The number of hydrogen-bond donors (Lipinski definition) is 2. The Morgan fingerprint density at radius 3 is 2.26 bits per heavy atom. The summed E-state index contributed by atoms with van der Waals surface area (Å²) in [7, 11) is 0. The molecule has 2 N–H and O–H groups in total. The molecule has 0 fully saturated rings. The van der Waals surface area contributed by atoms with Crippen molar-refractivity contribution in [1.29, 1.82) is 0 Å². The molecular formula is C31H32N2O6. The van der Waals surface area contributed by atoms with Crippen LogP contribution < -0.4 is 5.32 Å². The molecule has 5 rings (SSSR count). The molecule has 0 spiro atoms. The van der Waals surface area contributed by atoms with Gasteiger partial charge in [-0.25, -0.2) is 14.4 Å². The van der Waals surface area contributed by atoms with Gasteiger partial charge in [0.1, 0.15) is 12.2 Å². The zero-order valence-electron chi connectivity index (χ0n) is 22.3. The Labute approximate surface area is 227 Å². The first kappa shape index (κ1) is 26.3. The number of carbonyl (C=O) groups excluding carboxylic acids is 2. The largest absolute Gasteiger partial charge is 0.478 e. The van der Waals surface area contributed by atoms with Gasteiger partial charge in [0.2, 0.25) is 0 Å². The maximum atomic E-state index is 13.1. The maximum Gasteiger partial charge on any atom is 0.410 e. The van der Waals surface area contributed by atoms with Crippen LogP contribution in [0.2, 0.25) is 0 Å². The van der Waals surface area contributed by atoms with Crippen LogP contribution in [-0.4, -0.2) is 46.9 Å². The number of ether oxygens (including phenoxy) is 2. The van der Waals surface area contributed by atoms with Crippen LogP contribution in [0.1, 0.15) is 64.9 Å². The lowest BCUT2D eigenvalue weighted by atomic mass is 9.92. The molecule has 1 aliphatic carbocycles. The van der Waals surface area contributed by atoms with Gasteiger partial charge in [0.25, 0.3) is 0 Å². The van der Waals surface area contributed by atoms with Crippen molar-refractivity contribution in [2.24, 2.45) is 0 Å². The average molecular weight is 529 g/mol. The lowest BCUT2D eigenvalue weighted by molar-refractivity contribution is 0.0523. The lowest BCUT2D eigenvalue weighted by Crippen LogP contribution is -2.38. The predicted molar refractivity (Wildman–Crippen MR) is 146 cm³/mol. The van der Waals surface area contributed by atoms with Gasteiger partial charge in [-0.3, -0.25) is 0 Å². The molecule has 1 aliphatic heterocycles. The fourth-order valence-electron chi connectivity index (χ4n) is 5.36. The number of nitrogens with one attached hydrogen (secondary N) is 1. The number of amides is 2. The van der Waals surface area contributed by atoms with E-state index in [1.54, 1.807) is 31.7 Å². The summed E-state index contributed by atoms with van der Waals surface area (Å²) in [5.74, 6) is -1.13. The van der Waals surface area contributed by atoms with Gasteiger partial charge in [-0.05, 0) is 72.2 Å². The topological polar surface area (TPSA) is 105 Å². The van der Waals surface area contributed by atoms with E-state index >= 15 is 0 Å². The van der Waals surface area contributed by atoms with E-state index in [0.29, 0.717) is 24.1 Å². The second kappa shape index (κ2) is 10.4. The second-order valence-corrected chi connectivity index (χ2v) is 10.9. The molecule has 202 valence electrons. The normalized spacial score (nSPS) is 14.2. The molecule has 0 saturated carbocycles. The maximum absolute atomic E-state index is 13.1. The third-order valence-electron chi connectivity index (χ3n) is 7.06. The van der Waals surface area contributed by atoms with E-state index in [-0.39, 0.29) is 31.2 Å². The predicted octanol–water partition coefficient (Wildman–Crippen LogP) is 5.72. The number of hydrogen-bond acceptors (Lipinski definition) is 5. The van der Waals surface area contributed by atoms with Gasteiger partial charge in [0, 0.05) is 19.0 Å². The number of alkyl carbamates (subject to hydrolysis) is 1. The number of carboxylic acids is 1. The smallest absolute Gasteiger partial charge is 0.410 e. The SMILES string of the molecule is CC(C)(C)OC(=O)NCc1cc2c(c(C(=O)O)c1)CN(C(=O)OCC1c3ccccc3-c3ccccc31)CC2. The Kier molecular flexibility index (Phi) is 7.04. The number of benzene rings is 3. The third-order valence-corrected chi connectivity index (χ3v) is 7.06. The highest BCUT2D eigenvalue weighted by atomic mass is 16.6. The summed E-state index contributed by atoms with van der Waals surface area (Å²) in [5.41, 5.74) is 6.16. The van der Waals surface area contributed by atoms with Crippen LogP contribution in [-0.2, 0) is 29.0 Å². The first-order chi connectivity index (χ1) is 18.6. The molecule has 8 nitrogen and oxygen atoms in total. The van der Waals surface area contributed by atoms with Crippen LogP contribution in [0.25, 0.3) is 11.1 Å². The molecule has 0 aromatic heterocycles. The zero-order valence-corrected chi connectivity index (χ0v) is 22.3. The summed E-state index contributed by atoms with van der Waals surface area (Å²) in [6, 6.07) is 19.7. The van der Waals surface area contributed by atoms with Crippen LogP contribution in [0.15, 0.2) is 60.7 Å². The number of fused-ring (bicyclic) bond motifs is 4. The van der Waals surface area contributed by atoms with Gasteiger partial charge in [-0.2, -0.15) is 0 Å². The van der Waals surface area contributed by atoms with Crippen LogP contribution in [0.5, 0.6) is 0 Å². The van der Waals surface area contributed by atoms with Crippen molar-refractivity contribution in [3.05, 3.63) is 94.0 Å². The van der Waals surface area contributed by atoms with Crippen molar-refractivity contribution in [2.45, 2.75) is 51.8 Å². The summed E-state index contributed by atoms with van der Waals surface area (Å²) in [6.07, 6.45) is -0.548. The van der Waals surface area contributed by atoms with Crippen LogP contribution >= 0.6 is 0 Å². The van der Waals surface area contributed by atoms with Gasteiger partial charge < -0.3 is 24.8 Å². The second-order valence-electron chi connectivity index (χ2n) is 10.9. The molecular weight excluding hydrogens is 496 g/mol. The van der Waals surface area contributed by atoms with E-state index in [2.05, 4.69) is 29.6 Å². The first-order valence-corrected chi connectivity index (χ1v) is 13.1. The van der Waals surface area contributed by atoms with Crippen molar-refractivity contribution in [3.63, 3.8) is 0 Å². The molecule has 0 saturated heterocycles. The highest BCUT2D eigenvalue weighted by molar-refractivity contribution is 5.90. The molecule has 39 heavy (non-hydrogen) atoms. The Bertz CT molecular complexity index is 1400. The molecule has 1 heterocycles. The monoisotopic (exact) mass is 528 g/mol. The average Bonchev–Trinajstić information content (AvgIpc) is 3.22. The van der Waals surface area contributed by atoms with E-state index in [4.69, 9.17) is 9.47 Å². The number of carboxylic acid groups (broad SMARTS) is 1. The van der Waals surface area contributed by atoms with Gasteiger partial charge >= 0.3 is 18.2 Å². The van der Waals surface area contributed by atoms with Crippen molar-refractivity contribution < 1.29 is 29.0 Å². The van der Waals surface area contributed by atoms with Gasteiger partial charge in [-0.15, -0.1) is 0 Å². The summed E-state index contributed by atoms with van der Waals surface area (Å²) in [4.78, 5) is 38.8. The molecule has 0 radical (unpaired) electrons. The van der Waals surface area contributed by atoms with Crippen LogP contribution in [0.4, 0.5) is 9.59 Å². The molecule has 8 heteroatoms. The number of aromatic carboxylic acids is 1. The molecule has 2 aliphatic rings. The van der Waals surface area contributed by atoms with E-state index in [1.807, 2.05) is 30.3 Å². The Morgan fingerprint density at radius 2 is 1.64 bits per heavy atom. The standard InChI is InChI=1S/C31H32N2O6/c1-31(2,3)39-29(36)32-16-19-14-20-12-13-33(17-26(20)25(15-19)28(34)35)30(37)38-18-27-23-10-6-4-8-21(23)22-9-5-7-11-24(22)27/h4-11,14-15,27H,12-13,16-18H2,1-3H3,(H,32,36)(H,34,35). The quantitative estimate of drug-likeness (QED) is 0.439. The Balaban J connectivity index is 1.27. The highest BCUT2D eigenvalue weighted by Gasteiger charge is 2.31. The zero-order chi connectivity index (χ0) is 27.7. The number of carbonyl (C=O) groups is 3. The lowest BCUT2D eigenvalue weighted by Gasteiger charge is -2.30. The number of rotatable bonds is 5. The summed E-state index contributed by atoms with van der Waals surface area (Å²) in [6.45, 7) is 6.22. The summed E-state index contributed by atoms with van der Waals surface area (Å²) >= 11 is 0. The van der Waals surface area contributed by atoms with Gasteiger partial charge in [-0.1, -0.05) is 54.6 Å². The van der Waals surface area contributed by atoms with E-state index in [9.17, 15) is 19.5 Å². The fourth-order valence-corrected chi connectivity index (χ4v) is 5.36. The number of nitrogens with zero attached hydrogens (tertiary/aromatic N) is 1. The third kappa shape index (κ3) is 5.60. The van der Waals surface area contributed by atoms with Crippen molar-refractivity contribution in [1.82, 2.24) is 10.2 Å². The van der Waals surface area contributed by atoms with Gasteiger partial charge in [0.15, 0.2) is 0 Å². The van der Waals surface area contributed by atoms with Crippen LogP contribution in [0, 0.1) is 0 Å². The molecule has 3 aromatic rings. The van der Waals surface area contributed by atoms with E-state index in [1.165, 1.54) is 0 Å². The fraction of sp³-hybridized carbons (Fsp3) is 0.323. The minimum absolute atomic E-state index is 0.0481. The summed E-state index contributed by atoms with van der Waals surface area (Å²) < 4.78 is 11.1. The minimum Gasteiger partial charge on any atom is -0.478 e. The first-order valence-electron chi connectivity index (χ1n) is 13.1. The molecule has 0 atom stereocenters. The van der Waals surface area contributed by atoms with E-state index < -0.39 is 23.8 Å². The molecule has 0 bridgehead atoms. The van der Waals surface area contributed by atoms with Crippen molar-refractivity contribution in [2.75, 3.05) is 13.2 Å². The molecule has 2 amide bonds. The van der Waals surface area contributed by atoms with Crippen molar-refractivity contribution in [3.8, 4) is 11.1 Å². The van der Waals surface area contributed by atoms with Gasteiger partial charge in [0.05, 0.1) is 12.1 Å². The molecule has 3 aromatic carbocycles.